The molecule has 1 fully saturated rings. The summed E-state index contributed by atoms with van der Waals surface area (Å²) in [5, 5.41) is 14.7. The van der Waals surface area contributed by atoms with Crippen molar-refractivity contribution in [2.24, 2.45) is 0 Å². The first-order valence-corrected chi connectivity index (χ1v) is 14.3. The van der Waals surface area contributed by atoms with Crippen LogP contribution in [0.4, 0.5) is 10.1 Å². The number of hydrogen-bond donors (Lipinski definition) is 4. The first-order valence-electron chi connectivity index (χ1n) is 12.3. The maximum atomic E-state index is 13.3. The monoisotopic (exact) mass is 574 g/mol. The van der Waals surface area contributed by atoms with Gasteiger partial charge in [-0.1, -0.05) is 48.5 Å². The number of nitrogens with one attached hydrogen (secondary N) is 1. The van der Waals surface area contributed by atoms with Crippen LogP contribution < -0.4 is 15.5 Å². The fourth-order valence-corrected chi connectivity index (χ4v) is 5.46. The lowest BCUT2D eigenvalue weighted by molar-refractivity contribution is 0.0995. The quantitative estimate of drug-likeness (QED) is 0.128. The zero-order chi connectivity index (χ0) is 28.4. The van der Waals surface area contributed by atoms with E-state index in [0.29, 0.717) is 33.1 Å². The lowest BCUT2D eigenvalue weighted by Gasteiger charge is -2.26. The van der Waals surface area contributed by atoms with Gasteiger partial charge in [0.05, 0.1) is 5.30 Å². The molecule has 0 bridgehead atoms. The Morgan fingerprint density at radius 1 is 0.950 bits per heavy atom. The number of Topliss-reactive ketones (excluding diaryl/α,β-unsaturated/α-hetero) is 1. The number of phenolic OH excluding ortho intramolecular Hbond substituents is 1. The topological polar surface area (TPSA) is 110 Å². The van der Waals surface area contributed by atoms with Gasteiger partial charge < -0.3 is 25.1 Å². The highest BCUT2D eigenvalue weighted by molar-refractivity contribution is 7.80. The van der Waals surface area contributed by atoms with Crippen molar-refractivity contribution in [3.05, 3.63) is 126 Å². The molecule has 4 N–H and O–H groups in total. The number of allylic oxidation sites excluding steroid dienone is 1. The second kappa shape index (κ2) is 11.2. The number of hydrogen-bond acceptors (Lipinski definition) is 4. The van der Waals surface area contributed by atoms with Gasteiger partial charge in [0, 0.05) is 28.9 Å². The average Bonchev–Trinajstić information content (AvgIpc) is 3.27. The van der Waals surface area contributed by atoms with E-state index in [9.17, 15) is 28.6 Å². The van der Waals surface area contributed by atoms with Crippen molar-refractivity contribution in [3.8, 4) is 16.9 Å². The van der Waals surface area contributed by atoms with Crippen LogP contribution in [-0.4, -0.2) is 25.8 Å². The summed E-state index contributed by atoms with van der Waals surface area (Å²) in [5.74, 6) is -0.645. The molecule has 7 nitrogen and oxygen atoms in total. The van der Waals surface area contributed by atoms with Crippen molar-refractivity contribution >= 4 is 41.7 Å². The van der Waals surface area contributed by atoms with Gasteiger partial charge in [0.1, 0.15) is 17.6 Å². The molecule has 202 valence electrons. The number of thiocarbonyl (C=S) groups is 1. The van der Waals surface area contributed by atoms with Crippen LogP contribution in [0.3, 0.4) is 0 Å². The number of halogens is 1. The summed E-state index contributed by atoms with van der Waals surface area (Å²) in [7, 11) is -4.37. The average molecular weight is 575 g/mol. The fourth-order valence-electron chi connectivity index (χ4n) is 4.59. The highest BCUT2D eigenvalue weighted by Gasteiger charge is 2.36. The van der Waals surface area contributed by atoms with Crippen LogP contribution in [0, 0.1) is 5.82 Å². The Bertz CT molecular complexity index is 1650. The zero-order valence-corrected chi connectivity index (χ0v) is 22.6. The molecule has 0 radical (unpaired) electrons. The molecule has 0 aliphatic carbocycles. The Morgan fingerprint density at radius 3 is 2.23 bits per heavy atom. The van der Waals surface area contributed by atoms with E-state index in [1.807, 2.05) is 35.2 Å². The molecule has 0 aromatic heterocycles. The van der Waals surface area contributed by atoms with Crippen LogP contribution in [-0.2, 0) is 4.57 Å². The minimum Gasteiger partial charge on any atom is -0.508 e. The van der Waals surface area contributed by atoms with Crippen molar-refractivity contribution in [3.63, 3.8) is 0 Å². The highest BCUT2D eigenvalue weighted by atomic mass is 32.1. The number of aromatic hydroxyl groups is 1. The summed E-state index contributed by atoms with van der Waals surface area (Å²) in [5.41, 5.74) is 3.63. The first-order chi connectivity index (χ1) is 19.1. The molecule has 1 heterocycles. The van der Waals surface area contributed by atoms with E-state index in [0.717, 1.165) is 5.69 Å². The van der Waals surface area contributed by atoms with Crippen molar-refractivity contribution in [1.82, 2.24) is 5.32 Å². The van der Waals surface area contributed by atoms with E-state index < -0.39 is 19.5 Å². The van der Waals surface area contributed by atoms with Crippen LogP contribution >= 0.6 is 19.8 Å². The summed E-state index contributed by atoms with van der Waals surface area (Å²) in [4.78, 5) is 33.4. The molecule has 4 aromatic rings. The Labute approximate surface area is 235 Å². The number of para-hydroxylation sites is 1. The molecule has 1 saturated heterocycles. The van der Waals surface area contributed by atoms with Crippen LogP contribution in [0.1, 0.15) is 28.4 Å². The van der Waals surface area contributed by atoms with Gasteiger partial charge in [-0.05, 0) is 77.9 Å². The number of anilines is 1. The molecule has 10 heteroatoms. The highest BCUT2D eigenvalue weighted by Crippen LogP contribution is 2.42. The van der Waals surface area contributed by atoms with Crippen LogP contribution in [0.5, 0.6) is 5.75 Å². The third-order valence-electron chi connectivity index (χ3n) is 6.59. The normalized spacial score (nSPS) is 16.3. The molecule has 1 aliphatic rings. The smallest absolute Gasteiger partial charge is 0.356 e. The number of rotatable bonds is 7. The van der Waals surface area contributed by atoms with Crippen molar-refractivity contribution in [2.75, 3.05) is 4.90 Å². The molecule has 0 unspecified atom stereocenters. The van der Waals surface area contributed by atoms with E-state index in [1.165, 1.54) is 36.4 Å². The van der Waals surface area contributed by atoms with Gasteiger partial charge in [-0.15, -0.1) is 0 Å². The molecule has 0 saturated carbocycles. The molecule has 40 heavy (non-hydrogen) atoms. The number of benzene rings is 4. The van der Waals surface area contributed by atoms with Crippen LogP contribution in [0.25, 0.3) is 11.1 Å². The minimum absolute atomic E-state index is 0.0234. The van der Waals surface area contributed by atoms with Gasteiger partial charge in [0.25, 0.3) is 0 Å². The lowest BCUT2D eigenvalue weighted by atomic mass is 9.96. The van der Waals surface area contributed by atoms with E-state index in [2.05, 4.69) is 5.32 Å². The van der Waals surface area contributed by atoms with Crippen LogP contribution in [0.2, 0.25) is 0 Å². The van der Waals surface area contributed by atoms with Gasteiger partial charge in [0.2, 0.25) is 0 Å². The predicted molar refractivity (Wildman–Crippen MR) is 156 cm³/mol. The molecule has 4 aromatic carbocycles. The third kappa shape index (κ3) is 5.73. The van der Waals surface area contributed by atoms with Gasteiger partial charge in [-0.25, -0.2) is 4.39 Å². The maximum absolute atomic E-state index is 13.3. The van der Waals surface area contributed by atoms with Gasteiger partial charge in [-0.2, -0.15) is 0 Å². The number of ketones is 1. The number of phenols is 1. The number of nitrogens with zero attached hydrogens (tertiary/aromatic N) is 1. The molecular formula is C30H24FN2O5PS. The molecule has 1 aliphatic heterocycles. The van der Waals surface area contributed by atoms with Crippen molar-refractivity contribution in [1.29, 1.82) is 0 Å². The second-order valence-electron chi connectivity index (χ2n) is 9.20. The number of carbonyl (C=O) groups excluding carboxylic acids is 1. The SMILES string of the molecule is O=C(C/C=C1\NC(=S)N(c2ccccc2)[C@@H]1c1ccc(-c2ccc(P(=O)(O)O)cc2)cc1O)c1ccc(F)cc1. The Hall–Kier alpha value is -4.14. The summed E-state index contributed by atoms with van der Waals surface area (Å²) in [6, 6.07) is 25.2. The summed E-state index contributed by atoms with van der Waals surface area (Å²) in [6.07, 6.45) is 1.75. The Morgan fingerprint density at radius 2 is 1.60 bits per heavy atom. The molecule has 1 atom stereocenters. The van der Waals surface area contributed by atoms with Crippen molar-refractivity contribution in [2.45, 2.75) is 12.5 Å². The molecule has 0 amide bonds. The van der Waals surface area contributed by atoms with Gasteiger partial charge in [0.15, 0.2) is 10.9 Å². The fraction of sp³-hybridized carbons (Fsp3) is 0.0667. The van der Waals surface area contributed by atoms with Gasteiger partial charge in [-0.3, -0.25) is 9.36 Å². The molecule has 5 rings (SSSR count). The van der Waals surface area contributed by atoms with Crippen molar-refractivity contribution < 1.29 is 28.6 Å². The Kier molecular flexibility index (Phi) is 7.65. The van der Waals surface area contributed by atoms with E-state index in [-0.39, 0.29) is 23.3 Å². The van der Waals surface area contributed by atoms with Gasteiger partial charge >= 0.3 is 7.60 Å². The largest absolute Gasteiger partial charge is 0.508 e. The first kappa shape index (κ1) is 27.4. The van der Waals surface area contributed by atoms with E-state index in [4.69, 9.17) is 12.2 Å². The third-order valence-corrected chi connectivity index (χ3v) is 7.86. The summed E-state index contributed by atoms with van der Waals surface area (Å²) < 4.78 is 24.8. The van der Waals surface area contributed by atoms with E-state index in [1.54, 1.807) is 36.4 Å². The number of carbonyl (C=O) groups is 1. The standard InChI is InChI=1S/C30H24FN2O5PS/c31-22-11-6-20(7-12-22)27(34)17-16-26-29(33(30(40)32-26)23-4-2-1-3-5-23)25-15-10-21(18-28(25)35)19-8-13-24(14-9-19)39(36,37)38/h1-16,18,29,35H,17H2,(H,32,40)(H2,36,37,38)/b26-16-/t29-/m1/s1. The van der Waals surface area contributed by atoms with E-state index >= 15 is 0 Å². The minimum atomic E-state index is -4.37. The summed E-state index contributed by atoms with van der Waals surface area (Å²) in [6.45, 7) is 0. The van der Waals surface area contributed by atoms with Crippen LogP contribution in [0.15, 0.2) is 109 Å². The summed E-state index contributed by atoms with van der Waals surface area (Å²) >= 11 is 5.65. The molecular weight excluding hydrogens is 550 g/mol. The second-order valence-corrected chi connectivity index (χ2v) is 11.2. The predicted octanol–water partition coefficient (Wildman–Crippen LogP) is 5.59. The molecule has 0 spiro atoms. The lowest BCUT2D eigenvalue weighted by Crippen LogP contribution is -2.29. The Balaban J connectivity index is 1.50. The zero-order valence-electron chi connectivity index (χ0n) is 20.9. The maximum Gasteiger partial charge on any atom is 0.356 e.